The van der Waals surface area contributed by atoms with E-state index in [1.54, 1.807) is 16.0 Å². The highest BCUT2D eigenvalue weighted by Crippen LogP contribution is 2.66. The second-order valence-electron chi connectivity index (χ2n) is 6.31. The summed E-state index contributed by atoms with van der Waals surface area (Å²) in [6.45, 7) is 4.48. The minimum Gasteiger partial charge on any atom is -0.144 e. The molecule has 1 heterocycles. The molecule has 1 aromatic heterocycles. The lowest BCUT2D eigenvalue weighted by Crippen LogP contribution is -2.00. The molecule has 0 spiro atoms. The zero-order valence-corrected chi connectivity index (χ0v) is 14.3. The molecular weight excluding hydrogens is 328 g/mol. The Morgan fingerprint density at radius 2 is 2.05 bits per heavy atom. The lowest BCUT2D eigenvalue weighted by atomic mass is 9.92. The number of fused-ring (bicyclic) bond motifs is 3. The van der Waals surface area contributed by atoms with Gasteiger partial charge < -0.3 is 0 Å². The first-order valence-electron chi connectivity index (χ1n) is 7.45. The Bertz CT molecular complexity index is 657. The van der Waals surface area contributed by atoms with Gasteiger partial charge in [-0.15, -0.1) is 11.3 Å². The van der Waals surface area contributed by atoms with E-state index >= 15 is 0 Å². The first-order valence-corrected chi connectivity index (χ1v) is 9.19. The van der Waals surface area contributed by atoms with E-state index < -0.39 is 0 Å². The van der Waals surface area contributed by atoms with Gasteiger partial charge in [-0.1, -0.05) is 40.2 Å². The minimum absolute atomic E-state index is 0.544. The molecule has 0 nitrogen and oxygen atoms in total. The Balaban J connectivity index is 1.65. The van der Waals surface area contributed by atoms with Crippen LogP contribution in [0.1, 0.15) is 43.6 Å². The quantitative estimate of drug-likeness (QED) is 0.605. The highest BCUT2D eigenvalue weighted by atomic mass is 79.9. The monoisotopic (exact) mass is 346 g/mol. The average molecular weight is 347 g/mol. The third kappa shape index (κ3) is 1.92. The molecule has 104 valence electrons. The van der Waals surface area contributed by atoms with Crippen LogP contribution in [0.15, 0.2) is 30.3 Å². The van der Waals surface area contributed by atoms with E-state index in [-0.39, 0.29) is 0 Å². The summed E-state index contributed by atoms with van der Waals surface area (Å²) in [4.78, 5) is 3.53. The molecule has 2 aliphatic rings. The molecule has 2 aliphatic carbocycles. The van der Waals surface area contributed by atoms with Gasteiger partial charge in [-0.2, -0.15) is 0 Å². The predicted octanol–water partition coefficient (Wildman–Crippen LogP) is 5.78. The zero-order valence-electron chi connectivity index (χ0n) is 11.9. The molecule has 20 heavy (non-hydrogen) atoms. The van der Waals surface area contributed by atoms with E-state index in [1.807, 2.05) is 11.3 Å². The zero-order chi connectivity index (χ0) is 13.9. The van der Waals surface area contributed by atoms with E-state index in [9.17, 15) is 0 Å². The molecule has 0 saturated heterocycles. The number of thiophene rings is 1. The molecule has 1 fully saturated rings. The summed E-state index contributed by atoms with van der Waals surface area (Å²) in [5.41, 5.74) is 4.69. The van der Waals surface area contributed by atoms with E-state index in [0.29, 0.717) is 4.83 Å². The number of aryl methyl sites for hydroxylation is 3. The molecule has 0 amide bonds. The van der Waals surface area contributed by atoms with Gasteiger partial charge in [-0.25, -0.2) is 0 Å². The molecule has 1 saturated carbocycles. The minimum atomic E-state index is 0.544. The van der Waals surface area contributed by atoms with Crippen molar-refractivity contribution in [1.82, 2.24) is 0 Å². The topological polar surface area (TPSA) is 0 Å². The van der Waals surface area contributed by atoms with Crippen LogP contribution in [0.5, 0.6) is 0 Å². The van der Waals surface area contributed by atoms with Gasteiger partial charge in [-0.3, -0.25) is 0 Å². The maximum absolute atomic E-state index is 4.03. The van der Waals surface area contributed by atoms with Crippen molar-refractivity contribution in [2.75, 3.05) is 0 Å². The van der Waals surface area contributed by atoms with Crippen molar-refractivity contribution in [3.63, 3.8) is 0 Å². The second kappa shape index (κ2) is 4.71. The van der Waals surface area contributed by atoms with Gasteiger partial charge in [0.1, 0.15) is 0 Å². The number of alkyl halides is 1. The van der Waals surface area contributed by atoms with Gasteiger partial charge >= 0.3 is 0 Å². The van der Waals surface area contributed by atoms with E-state index in [4.69, 9.17) is 0 Å². The molecule has 2 aromatic rings. The molecule has 0 radical (unpaired) electrons. The number of hydrogen-bond acceptors (Lipinski definition) is 1. The predicted molar refractivity (Wildman–Crippen MR) is 89.9 cm³/mol. The first kappa shape index (κ1) is 13.1. The van der Waals surface area contributed by atoms with Crippen LogP contribution < -0.4 is 0 Å². The Hall–Kier alpha value is -0.600. The van der Waals surface area contributed by atoms with E-state index in [0.717, 1.165) is 17.8 Å². The molecule has 2 heteroatoms. The van der Waals surface area contributed by atoms with Crippen LogP contribution in [0.2, 0.25) is 0 Å². The summed E-state index contributed by atoms with van der Waals surface area (Å²) in [5, 5.41) is 0. The van der Waals surface area contributed by atoms with Crippen molar-refractivity contribution in [1.29, 1.82) is 0 Å². The first-order chi connectivity index (χ1) is 9.66. The molecule has 0 aliphatic heterocycles. The number of benzene rings is 1. The summed E-state index contributed by atoms with van der Waals surface area (Å²) in [6, 6.07) is 11.4. The van der Waals surface area contributed by atoms with E-state index in [1.165, 1.54) is 23.3 Å². The summed E-state index contributed by atoms with van der Waals surface area (Å²) >= 11 is 6.00. The fourth-order valence-electron chi connectivity index (χ4n) is 4.13. The molecule has 1 aromatic carbocycles. The van der Waals surface area contributed by atoms with Crippen molar-refractivity contribution in [2.24, 2.45) is 11.8 Å². The Labute approximate surface area is 133 Å². The van der Waals surface area contributed by atoms with Crippen LogP contribution in [0, 0.1) is 25.7 Å². The number of hydrogen-bond donors (Lipinski definition) is 0. The van der Waals surface area contributed by atoms with Crippen LogP contribution in [0.3, 0.4) is 0 Å². The third-order valence-electron chi connectivity index (χ3n) is 5.06. The Kier molecular flexibility index (Phi) is 3.08. The average Bonchev–Trinajstić information content (AvgIpc) is 3.09. The maximum Gasteiger partial charge on any atom is 0.0528 e. The van der Waals surface area contributed by atoms with Crippen LogP contribution in [0.25, 0.3) is 0 Å². The van der Waals surface area contributed by atoms with Crippen molar-refractivity contribution in [3.8, 4) is 0 Å². The van der Waals surface area contributed by atoms with Crippen molar-refractivity contribution < 1.29 is 0 Å². The van der Waals surface area contributed by atoms with Gasteiger partial charge in [-0.05, 0) is 67.2 Å². The lowest BCUT2D eigenvalue weighted by molar-refractivity contribution is 0.629. The summed E-state index contributed by atoms with van der Waals surface area (Å²) in [7, 11) is 0. The molecule has 0 N–H and O–H groups in total. The standard InChI is InChI=1S/C18H19BrS/c1-10-9-11(2)20-18(10)17(19)16-14-8-7-12-5-3-4-6-13(12)15(14)16/h3-6,9,14-17H,7-8H2,1-2H3. The highest BCUT2D eigenvalue weighted by molar-refractivity contribution is 9.09. The highest BCUT2D eigenvalue weighted by Gasteiger charge is 2.56. The fourth-order valence-corrected chi connectivity index (χ4v) is 6.56. The van der Waals surface area contributed by atoms with Crippen LogP contribution in [-0.4, -0.2) is 0 Å². The third-order valence-corrected chi connectivity index (χ3v) is 7.67. The molecule has 0 bridgehead atoms. The van der Waals surface area contributed by atoms with Crippen molar-refractivity contribution in [2.45, 2.75) is 37.4 Å². The SMILES string of the molecule is Cc1cc(C)c(C(Br)C2C3CCc4ccccc4C32)s1. The molecule has 4 atom stereocenters. The number of rotatable bonds is 2. The van der Waals surface area contributed by atoms with Gasteiger partial charge in [0.2, 0.25) is 0 Å². The fraction of sp³-hybridized carbons (Fsp3) is 0.444. The summed E-state index contributed by atoms with van der Waals surface area (Å²) < 4.78 is 0. The lowest BCUT2D eigenvalue weighted by Gasteiger charge is -2.13. The Morgan fingerprint density at radius 3 is 2.80 bits per heavy atom. The van der Waals surface area contributed by atoms with Crippen molar-refractivity contribution >= 4 is 27.3 Å². The van der Waals surface area contributed by atoms with Crippen LogP contribution in [-0.2, 0) is 6.42 Å². The molecule has 4 rings (SSSR count). The molecule has 4 unspecified atom stereocenters. The smallest absolute Gasteiger partial charge is 0.0528 e. The normalized spacial score (nSPS) is 28.6. The van der Waals surface area contributed by atoms with Crippen LogP contribution in [0.4, 0.5) is 0 Å². The largest absolute Gasteiger partial charge is 0.144 e. The van der Waals surface area contributed by atoms with Crippen LogP contribution >= 0.6 is 27.3 Å². The van der Waals surface area contributed by atoms with Gasteiger partial charge in [0.25, 0.3) is 0 Å². The van der Waals surface area contributed by atoms with Gasteiger partial charge in [0.15, 0.2) is 0 Å². The summed E-state index contributed by atoms with van der Waals surface area (Å²) in [5.74, 6) is 2.50. The van der Waals surface area contributed by atoms with Crippen molar-refractivity contribution in [3.05, 3.63) is 56.8 Å². The second-order valence-corrected chi connectivity index (χ2v) is 8.58. The number of halogens is 1. The van der Waals surface area contributed by atoms with Gasteiger partial charge in [0, 0.05) is 9.75 Å². The van der Waals surface area contributed by atoms with E-state index in [2.05, 4.69) is 60.1 Å². The Morgan fingerprint density at radius 1 is 1.25 bits per heavy atom. The maximum atomic E-state index is 4.03. The van der Waals surface area contributed by atoms with Gasteiger partial charge in [0.05, 0.1) is 4.83 Å². The molecular formula is C18H19BrS. The summed E-state index contributed by atoms with van der Waals surface area (Å²) in [6.07, 6.45) is 2.65.